The number of hydrogen-bond donors (Lipinski definition) is 0. The van der Waals surface area contributed by atoms with Crippen LogP contribution in [0.5, 0.6) is 0 Å². The van der Waals surface area contributed by atoms with Gasteiger partial charge in [0.25, 0.3) is 5.91 Å². The number of benzene rings is 2. The van der Waals surface area contributed by atoms with Crippen molar-refractivity contribution in [2.24, 2.45) is 0 Å². The van der Waals surface area contributed by atoms with Crippen LogP contribution in [-0.4, -0.2) is 70.5 Å². The highest BCUT2D eigenvalue weighted by atomic mass is 32.2. The number of sulfonamides is 1. The van der Waals surface area contributed by atoms with Gasteiger partial charge >= 0.3 is 0 Å². The molecule has 0 bridgehead atoms. The molecule has 5 rings (SSSR count). The molecule has 3 aromatic rings. The second-order valence-electron chi connectivity index (χ2n) is 9.65. The van der Waals surface area contributed by atoms with Gasteiger partial charge in [-0.05, 0) is 36.8 Å². The lowest BCUT2D eigenvalue weighted by Crippen LogP contribution is -2.40. The van der Waals surface area contributed by atoms with Crippen LogP contribution in [0.1, 0.15) is 38.2 Å². The van der Waals surface area contributed by atoms with Crippen LogP contribution < -0.4 is 0 Å². The summed E-state index contributed by atoms with van der Waals surface area (Å²) < 4.78 is 35.3. The zero-order valence-corrected chi connectivity index (χ0v) is 24.8. The number of rotatable bonds is 10. The predicted molar refractivity (Wildman–Crippen MR) is 163 cm³/mol. The minimum atomic E-state index is -3.61. The van der Waals surface area contributed by atoms with Gasteiger partial charge in [0.05, 0.1) is 34.4 Å². The summed E-state index contributed by atoms with van der Waals surface area (Å²) in [5.74, 6) is -0.0862. The number of aromatic nitrogens is 2. The maximum absolute atomic E-state index is 13.3. The number of ether oxygens (including phenoxy) is 1. The van der Waals surface area contributed by atoms with Crippen molar-refractivity contribution in [3.63, 3.8) is 0 Å². The number of unbranched alkanes of at least 4 members (excludes halogenated alkanes) is 3. The first-order chi connectivity index (χ1) is 19.4. The topological polar surface area (TPSA) is 84.7 Å². The van der Waals surface area contributed by atoms with Gasteiger partial charge < -0.3 is 4.74 Å². The molecular weight excluding hydrogens is 565 g/mol. The lowest BCUT2D eigenvalue weighted by atomic mass is 10.1. The highest BCUT2D eigenvalue weighted by molar-refractivity contribution is 8.26. The highest BCUT2D eigenvalue weighted by Gasteiger charge is 2.32. The zero-order valence-electron chi connectivity index (χ0n) is 22.4. The number of thiocarbonyl (C=S) groups is 1. The molecule has 1 aromatic heterocycles. The van der Waals surface area contributed by atoms with E-state index in [1.807, 2.05) is 42.6 Å². The second kappa shape index (κ2) is 12.8. The molecule has 210 valence electrons. The van der Waals surface area contributed by atoms with Gasteiger partial charge in [0.2, 0.25) is 10.0 Å². The Labute approximate surface area is 245 Å². The Bertz CT molecular complexity index is 1500. The molecule has 1 amide bonds. The van der Waals surface area contributed by atoms with Gasteiger partial charge in [-0.25, -0.2) is 13.1 Å². The van der Waals surface area contributed by atoms with Gasteiger partial charge in [0.1, 0.15) is 4.32 Å². The summed E-state index contributed by atoms with van der Waals surface area (Å²) in [6.07, 6.45) is 7.98. The Morgan fingerprint density at radius 2 is 1.75 bits per heavy atom. The quantitative estimate of drug-likeness (QED) is 0.177. The standard InChI is InChI=1S/C29H32N4O4S3/c1-2-3-4-8-15-32-28(34)26(39-29(32)38)20-23-21-33(24-9-6-5-7-10-24)30-27(23)22-11-13-25(14-12-22)40(35,36)31-16-18-37-19-17-31/h5-7,9-14,20-21H,2-4,8,15-19H2,1H3. The third-order valence-corrected chi connectivity index (χ3v) is 10.2. The largest absolute Gasteiger partial charge is 0.379 e. The third-order valence-electron chi connectivity index (χ3n) is 6.89. The number of carbonyl (C=O) groups is 1. The molecule has 0 saturated carbocycles. The van der Waals surface area contributed by atoms with E-state index < -0.39 is 10.0 Å². The minimum Gasteiger partial charge on any atom is -0.379 e. The molecule has 0 aliphatic carbocycles. The summed E-state index contributed by atoms with van der Waals surface area (Å²) in [4.78, 5) is 15.7. The molecule has 2 aliphatic heterocycles. The molecule has 0 spiro atoms. The third kappa shape index (κ3) is 6.23. The Kier molecular flexibility index (Phi) is 9.17. The van der Waals surface area contributed by atoms with Crippen LogP contribution >= 0.6 is 24.0 Å². The second-order valence-corrected chi connectivity index (χ2v) is 13.3. The number of hydrogen-bond acceptors (Lipinski definition) is 7. The van der Waals surface area contributed by atoms with Gasteiger partial charge in [0, 0.05) is 37.0 Å². The Morgan fingerprint density at radius 1 is 1.02 bits per heavy atom. The molecule has 2 aromatic carbocycles. The number of para-hydroxylation sites is 1. The first-order valence-corrected chi connectivity index (χ1v) is 16.1. The summed E-state index contributed by atoms with van der Waals surface area (Å²) in [6.45, 7) is 4.24. The number of nitrogens with zero attached hydrogens (tertiary/aromatic N) is 4. The highest BCUT2D eigenvalue weighted by Crippen LogP contribution is 2.35. The van der Waals surface area contributed by atoms with Crippen molar-refractivity contribution in [2.45, 2.75) is 37.5 Å². The van der Waals surface area contributed by atoms with Crippen molar-refractivity contribution >= 4 is 50.3 Å². The van der Waals surface area contributed by atoms with Gasteiger partial charge in [0.15, 0.2) is 0 Å². The average molecular weight is 597 g/mol. The van der Waals surface area contributed by atoms with E-state index in [2.05, 4.69) is 6.92 Å². The molecule has 2 saturated heterocycles. The van der Waals surface area contributed by atoms with Crippen LogP contribution in [-0.2, 0) is 19.6 Å². The van der Waals surface area contributed by atoms with Crippen molar-refractivity contribution in [3.8, 4) is 16.9 Å². The SMILES string of the molecule is CCCCCCN1C(=O)C(=Cc2cn(-c3ccccc3)nc2-c2ccc(S(=O)(=O)N3CCOCC3)cc2)SC1=S. The maximum atomic E-state index is 13.3. The molecular formula is C29H32N4O4S3. The molecule has 8 nitrogen and oxygen atoms in total. The van der Waals surface area contributed by atoms with Crippen molar-refractivity contribution in [2.75, 3.05) is 32.8 Å². The van der Waals surface area contributed by atoms with E-state index in [0.29, 0.717) is 47.8 Å². The molecule has 2 fully saturated rings. The summed E-state index contributed by atoms with van der Waals surface area (Å²) in [6, 6.07) is 16.5. The predicted octanol–water partition coefficient (Wildman–Crippen LogP) is 5.34. The van der Waals surface area contributed by atoms with E-state index in [0.717, 1.165) is 42.5 Å². The monoisotopic (exact) mass is 596 g/mol. The van der Waals surface area contributed by atoms with Crippen LogP contribution in [0.3, 0.4) is 0 Å². The van der Waals surface area contributed by atoms with E-state index in [9.17, 15) is 13.2 Å². The minimum absolute atomic E-state index is 0.0862. The maximum Gasteiger partial charge on any atom is 0.266 e. The molecule has 0 unspecified atom stereocenters. The fourth-order valence-electron chi connectivity index (χ4n) is 4.68. The van der Waals surface area contributed by atoms with Crippen molar-refractivity contribution in [1.82, 2.24) is 19.0 Å². The Balaban J connectivity index is 1.46. The molecule has 0 N–H and O–H groups in total. The molecule has 0 atom stereocenters. The van der Waals surface area contributed by atoms with Crippen LogP contribution in [0.25, 0.3) is 23.0 Å². The summed E-state index contributed by atoms with van der Waals surface area (Å²) >= 11 is 6.85. The van der Waals surface area contributed by atoms with E-state index >= 15 is 0 Å². The average Bonchev–Trinajstić information content (AvgIpc) is 3.52. The van der Waals surface area contributed by atoms with Gasteiger partial charge in [-0.2, -0.15) is 9.40 Å². The van der Waals surface area contributed by atoms with Crippen LogP contribution in [0.15, 0.2) is 70.6 Å². The smallest absolute Gasteiger partial charge is 0.266 e. The van der Waals surface area contributed by atoms with Crippen LogP contribution in [0.2, 0.25) is 0 Å². The molecule has 11 heteroatoms. The number of morpholine rings is 1. The van der Waals surface area contributed by atoms with Crippen molar-refractivity contribution in [3.05, 3.63) is 71.3 Å². The zero-order chi connectivity index (χ0) is 28.1. The first-order valence-electron chi connectivity index (χ1n) is 13.5. The molecule has 3 heterocycles. The summed E-state index contributed by atoms with van der Waals surface area (Å²) in [5, 5.41) is 4.84. The van der Waals surface area contributed by atoms with E-state index in [4.69, 9.17) is 22.1 Å². The Hall–Kier alpha value is -2.83. The lowest BCUT2D eigenvalue weighted by molar-refractivity contribution is -0.122. The molecule has 0 radical (unpaired) electrons. The lowest BCUT2D eigenvalue weighted by Gasteiger charge is -2.26. The van der Waals surface area contributed by atoms with Gasteiger partial charge in [-0.3, -0.25) is 9.69 Å². The van der Waals surface area contributed by atoms with Crippen LogP contribution in [0.4, 0.5) is 0 Å². The van der Waals surface area contributed by atoms with Gasteiger partial charge in [-0.1, -0.05) is 80.5 Å². The number of carbonyl (C=O) groups excluding carboxylic acids is 1. The fraction of sp³-hybridized carbons (Fsp3) is 0.345. The molecule has 2 aliphatic rings. The molecule has 40 heavy (non-hydrogen) atoms. The van der Waals surface area contributed by atoms with Gasteiger partial charge in [-0.15, -0.1) is 0 Å². The number of thioether (sulfide) groups is 1. The van der Waals surface area contributed by atoms with E-state index in [1.165, 1.54) is 16.1 Å². The number of amides is 1. The van der Waals surface area contributed by atoms with E-state index in [1.54, 1.807) is 33.8 Å². The first kappa shape index (κ1) is 28.7. The normalized spacial score (nSPS) is 17.7. The Morgan fingerprint density at radius 3 is 2.45 bits per heavy atom. The van der Waals surface area contributed by atoms with Crippen molar-refractivity contribution < 1.29 is 17.9 Å². The summed E-state index contributed by atoms with van der Waals surface area (Å²) in [7, 11) is -3.61. The van der Waals surface area contributed by atoms with Crippen LogP contribution in [0, 0.1) is 0 Å². The fourth-order valence-corrected chi connectivity index (χ4v) is 7.39. The van der Waals surface area contributed by atoms with Crippen molar-refractivity contribution in [1.29, 1.82) is 0 Å². The van der Waals surface area contributed by atoms with E-state index in [-0.39, 0.29) is 10.8 Å². The summed E-state index contributed by atoms with van der Waals surface area (Å²) in [5.41, 5.74) is 3.02.